The fraction of sp³-hybridized carbons (Fsp3) is 0.562. The smallest absolute Gasteiger partial charge is 0.244 e. The Morgan fingerprint density at radius 3 is 3.10 bits per heavy atom. The molecule has 112 valence electrons. The Morgan fingerprint density at radius 1 is 1.38 bits per heavy atom. The lowest BCUT2D eigenvalue weighted by atomic mass is 9.90. The van der Waals surface area contributed by atoms with Crippen molar-refractivity contribution < 1.29 is 4.52 Å². The summed E-state index contributed by atoms with van der Waals surface area (Å²) in [5.74, 6) is 2.03. The highest BCUT2D eigenvalue weighted by Gasteiger charge is 2.26. The lowest BCUT2D eigenvalue weighted by Gasteiger charge is -2.27. The van der Waals surface area contributed by atoms with E-state index in [1.54, 1.807) is 6.20 Å². The van der Waals surface area contributed by atoms with Gasteiger partial charge < -0.3 is 9.84 Å². The van der Waals surface area contributed by atoms with Gasteiger partial charge in [0, 0.05) is 6.20 Å². The largest absolute Gasteiger partial charge is 0.337 e. The molecule has 1 N–H and O–H groups in total. The molecule has 1 aliphatic heterocycles. The number of nitrogens with zero attached hydrogens (tertiary/aromatic N) is 3. The van der Waals surface area contributed by atoms with Crippen molar-refractivity contribution in [2.45, 2.75) is 45.6 Å². The zero-order valence-electron chi connectivity index (χ0n) is 12.7. The molecule has 1 saturated heterocycles. The molecule has 5 heteroatoms. The first kappa shape index (κ1) is 14.2. The molecule has 0 aliphatic carbocycles. The Bertz CT molecular complexity index is 595. The molecule has 3 heterocycles. The third-order valence-electron chi connectivity index (χ3n) is 4.31. The van der Waals surface area contributed by atoms with Gasteiger partial charge in [-0.3, -0.25) is 4.98 Å². The van der Waals surface area contributed by atoms with Crippen molar-refractivity contribution in [2.24, 2.45) is 5.92 Å². The van der Waals surface area contributed by atoms with Crippen molar-refractivity contribution >= 4 is 0 Å². The van der Waals surface area contributed by atoms with Gasteiger partial charge >= 0.3 is 0 Å². The van der Waals surface area contributed by atoms with Crippen LogP contribution in [0, 0.1) is 5.92 Å². The van der Waals surface area contributed by atoms with Gasteiger partial charge in [0.25, 0.3) is 0 Å². The van der Waals surface area contributed by atoms with Crippen LogP contribution >= 0.6 is 0 Å². The van der Waals surface area contributed by atoms with E-state index in [4.69, 9.17) is 4.52 Å². The minimum atomic E-state index is 0.179. The summed E-state index contributed by atoms with van der Waals surface area (Å²) in [4.78, 5) is 8.98. The molecule has 5 nitrogen and oxygen atoms in total. The second kappa shape index (κ2) is 6.35. The van der Waals surface area contributed by atoms with Gasteiger partial charge in [-0.1, -0.05) is 31.5 Å². The summed E-state index contributed by atoms with van der Waals surface area (Å²) in [7, 11) is 0. The molecule has 2 aromatic rings. The van der Waals surface area contributed by atoms with Crippen LogP contribution < -0.4 is 5.32 Å². The molecule has 0 spiro atoms. The van der Waals surface area contributed by atoms with Crippen molar-refractivity contribution in [1.82, 2.24) is 20.4 Å². The van der Waals surface area contributed by atoms with Crippen LogP contribution in [-0.2, 0) is 6.42 Å². The Labute approximate surface area is 125 Å². The summed E-state index contributed by atoms with van der Waals surface area (Å²) in [5.41, 5.74) is 1.98. The van der Waals surface area contributed by atoms with E-state index < -0.39 is 0 Å². The Hall–Kier alpha value is -1.75. The summed E-state index contributed by atoms with van der Waals surface area (Å²) in [6.45, 7) is 5.37. The summed E-state index contributed by atoms with van der Waals surface area (Å²) in [5, 5.41) is 7.61. The summed E-state index contributed by atoms with van der Waals surface area (Å²) >= 11 is 0. The molecule has 21 heavy (non-hydrogen) atoms. The van der Waals surface area contributed by atoms with E-state index in [0.29, 0.717) is 11.7 Å². The molecule has 2 aromatic heterocycles. The van der Waals surface area contributed by atoms with Crippen molar-refractivity contribution in [3.8, 4) is 11.5 Å². The molecule has 0 saturated carbocycles. The highest BCUT2D eigenvalue weighted by molar-refractivity contribution is 5.53. The van der Waals surface area contributed by atoms with Crippen LogP contribution in [0.25, 0.3) is 11.5 Å². The second-order valence-corrected chi connectivity index (χ2v) is 5.63. The van der Waals surface area contributed by atoms with Gasteiger partial charge in [-0.2, -0.15) is 4.98 Å². The Morgan fingerprint density at radius 2 is 2.29 bits per heavy atom. The van der Waals surface area contributed by atoms with E-state index in [1.165, 1.54) is 12.8 Å². The summed E-state index contributed by atoms with van der Waals surface area (Å²) in [6, 6.07) is 4.18. The zero-order chi connectivity index (χ0) is 14.7. The van der Waals surface area contributed by atoms with Gasteiger partial charge in [-0.15, -0.1) is 0 Å². The zero-order valence-corrected chi connectivity index (χ0v) is 12.7. The van der Waals surface area contributed by atoms with Crippen LogP contribution in [0.15, 0.2) is 22.9 Å². The summed E-state index contributed by atoms with van der Waals surface area (Å²) < 4.78 is 5.49. The van der Waals surface area contributed by atoms with Crippen LogP contribution in [0.5, 0.6) is 0 Å². The number of hydrogen-bond donors (Lipinski definition) is 1. The van der Waals surface area contributed by atoms with E-state index >= 15 is 0 Å². The lowest BCUT2D eigenvalue weighted by Crippen LogP contribution is -2.31. The van der Waals surface area contributed by atoms with Gasteiger partial charge in [-0.05, 0) is 43.4 Å². The number of nitrogens with one attached hydrogen (secondary N) is 1. The molecular weight excluding hydrogens is 264 g/mol. The minimum Gasteiger partial charge on any atom is -0.337 e. The van der Waals surface area contributed by atoms with E-state index in [-0.39, 0.29) is 6.04 Å². The first-order valence-electron chi connectivity index (χ1n) is 7.83. The molecule has 0 radical (unpaired) electrons. The first-order valence-corrected chi connectivity index (χ1v) is 7.83. The molecule has 0 amide bonds. The molecular formula is C16H22N4O. The molecule has 1 fully saturated rings. The minimum absolute atomic E-state index is 0.179. The number of aryl methyl sites for hydroxylation is 1. The summed E-state index contributed by atoms with van der Waals surface area (Å²) in [6.07, 6.45) is 6.19. The van der Waals surface area contributed by atoms with Gasteiger partial charge in [0.05, 0.1) is 6.04 Å². The first-order chi connectivity index (χ1) is 10.3. The molecule has 0 aromatic carbocycles. The predicted molar refractivity (Wildman–Crippen MR) is 80.7 cm³/mol. The molecule has 3 rings (SSSR count). The highest BCUT2D eigenvalue weighted by atomic mass is 16.5. The highest BCUT2D eigenvalue weighted by Crippen LogP contribution is 2.29. The fourth-order valence-electron chi connectivity index (χ4n) is 2.95. The maximum Gasteiger partial charge on any atom is 0.244 e. The van der Waals surface area contributed by atoms with Gasteiger partial charge in [0.1, 0.15) is 5.69 Å². The maximum absolute atomic E-state index is 5.49. The van der Waals surface area contributed by atoms with Crippen molar-refractivity contribution in [3.63, 3.8) is 0 Å². The van der Waals surface area contributed by atoms with E-state index in [0.717, 1.165) is 36.6 Å². The molecule has 0 bridgehead atoms. The third kappa shape index (κ3) is 2.97. The Balaban J connectivity index is 1.83. The second-order valence-electron chi connectivity index (χ2n) is 5.63. The lowest BCUT2D eigenvalue weighted by molar-refractivity contribution is 0.246. The van der Waals surface area contributed by atoms with Crippen LogP contribution in [0.2, 0.25) is 0 Å². The number of hydrogen-bond acceptors (Lipinski definition) is 5. The van der Waals surface area contributed by atoms with Crippen molar-refractivity contribution in [1.29, 1.82) is 0 Å². The number of piperidine rings is 1. The topological polar surface area (TPSA) is 63.8 Å². The molecule has 2 atom stereocenters. The average Bonchev–Trinajstić information content (AvgIpc) is 3.04. The van der Waals surface area contributed by atoms with Crippen LogP contribution in [0.3, 0.4) is 0 Å². The molecule has 2 unspecified atom stereocenters. The van der Waals surface area contributed by atoms with E-state index in [9.17, 15) is 0 Å². The third-order valence-corrected chi connectivity index (χ3v) is 4.31. The van der Waals surface area contributed by atoms with Crippen LogP contribution in [0.4, 0.5) is 0 Å². The standard InChI is InChI=1S/C16H22N4O/c1-3-11-7-9-17-13(10-11)16-19-15(20-21-16)14-12(4-2)6-5-8-18-14/h5-6,8,11,13,17H,3-4,7,9-10H2,1-2H3. The Kier molecular flexibility index (Phi) is 4.29. The monoisotopic (exact) mass is 286 g/mol. The fourth-order valence-corrected chi connectivity index (χ4v) is 2.95. The number of pyridine rings is 1. The quantitative estimate of drug-likeness (QED) is 0.935. The average molecular weight is 286 g/mol. The van der Waals surface area contributed by atoms with E-state index in [2.05, 4.69) is 40.4 Å². The van der Waals surface area contributed by atoms with Crippen LogP contribution in [-0.4, -0.2) is 21.7 Å². The van der Waals surface area contributed by atoms with Gasteiger partial charge in [0.2, 0.25) is 11.7 Å². The predicted octanol–water partition coefficient (Wildman–Crippen LogP) is 3.14. The van der Waals surface area contributed by atoms with Crippen molar-refractivity contribution in [3.05, 3.63) is 29.8 Å². The maximum atomic E-state index is 5.49. The molecule has 1 aliphatic rings. The van der Waals surface area contributed by atoms with Crippen molar-refractivity contribution in [2.75, 3.05) is 6.54 Å². The number of rotatable bonds is 4. The normalized spacial score (nSPS) is 22.4. The van der Waals surface area contributed by atoms with Gasteiger partial charge in [-0.25, -0.2) is 0 Å². The van der Waals surface area contributed by atoms with E-state index in [1.807, 2.05) is 6.07 Å². The SMILES string of the molecule is CCc1cccnc1-c1noc(C2CC(CC)CCN2)n1. The van der Waals surface area contributed by atoms with Gasteiger partial charge in [0.15, 0.2) is 0 Å². The number of aromatic nitrogens is 3. The van der Waals surface area contributed by atoms with Crippen LogP contribution in [0.1, 0.15) is 50.6 Å².